The molecule has 86 valence electrons. The van der Waals surface area contributed by atoms with Crippen molar-refractivity contribution in [2.45, 2.75) is 32.6 Å². The average Bonchev–Trinajstić information content (AvgIpc) is 3.09. The molecule has 0 aliphatic heterocycles. The van der Waals surface area contributed by atoms with Crippen molar-refractivity contribution in [1.82, 2.24) is 0 Å². The van der Waals surface area contributed by atoms with Crippen LogP contribution in [0.3, 0.4) is 0 Å². The monoisotopic (exact) mass is 218 g/mol. The first-order valence-electron chi connectivity index (χ1n) is 5.95. The summed E-state index contributed by atoms with van der Waals surface area (Å²) in [6, 6.07) is 8.09. The number of carbonyl (C=O) groups is 1. The molecule has 1 aliphatic carbocycles. The molecular weight excluding hydrogens is 200 g/mol. The Hall–Kier alpha value is -1.31. The molecule has 0 N–H and O–H groups in total. The topological polar surface area (TPSA) is 26.3 Å². The van der Waals surface area contributed by atoms with Crippen molar-refractivity contribution in [1.29, 1.82) is 0 Å². The Kier molecular flexibility index (Phi) is 3.60. The number of ketones is 1. The lowest BCUT2D eigenvalue weighted by Gasteiger charge is -2.06. The minimum atomic E-state index is 0.244. The highest BCUT2D eigenvalue weighted by Gasteiger charge is 2.21. The van der Waals surface area contributed by atoms with Gasteiger partial charge in [-0.15, -0.1) is 0 Å². The summed E-state index contributed by atoms with van der Waals surface area (Å²) in [4.78, 5) is 10.8. The van der Waals surface area contributed by atoms with Gasteiger partial charge in [0.2, 0.25) is 0 Å². The molecule has 0 radical (unpaired) electrons. The highest BCUT2D eigenvalue weighted by atomic mass is 16.5. The molecule has 2 heteroatoms. The fourth-order valence-electron chi connectivity index (χ4n) is 1.57. The molecule has 0 amide bonds. The molecule has 0 atom stereocenters. The van der Waals surface area contributed by atoms with Gasteiger partial charge in [0.1, 0.15) is 11.5 Å². The number of benzene rings is 1. The third-order valence-corrected chi connectivity index (χ3v) is 2.87. The van der Waals surface area contributed by atoms with Crippen LogP contribution in [0.1, 0.15) is 31.7 Å². The molecule has 0 bridgehead atoms. The molecule has 0 unspecified atom stereocenters. The molecule has 0 saturated heterocycles. The highest BCUT2D eigenvalue weighted by Crippen LogP contribution is 2.29. The molecule has 2 nitrogen and oxygen atoms in total. The molecule has 0 spiro atoms. The van der Waals surface area contributed by atoms with Crippen molar-refractivity contribution in [3.63, 3.8) is 0 Å². The van der Waals surface area contributed by atoms with Crippen LogP contribution in [0.25, 0.3) is 0 Å². The number of hydrogen-bond donors (Lipinski definition) is 0. The van der Waals surface area contributed by atoms with Crippen molar-refractivity contribution in [2.24, 2.45) is 5.92 Å². The summed E-state index contributed by atoms with van der Waals surface area (Å²) in [5.41, 5.74) is 1.20. The van der Waals surface area contributed by atoms with E-state index in [9.17, 15) is 4.79 Å². The average molecular weight is 218 g/mol. The summed E-state index contributed by atoms with van der Waals surface area (Å²) < 4.78 is 5.64. The normalized spacial score (nSPS) is 14.8. The summed E-state index contributed by atoms with van der Waals surface area (Å²) in [5.74, 6) is 1.98. The van der Waals surface area contributed by atoms with Gasteiger partial charge in [0, 0.05) is 6.42 Å². The second-order valence-electron chi connectivity index (χ2n) is 4.60. The maximum absolute atomic E-state index is 10.8. The van der Waals surface area contributed by atoms with E-state index in [1.165, 1.54) is 18.4 Å². The van der Waals surface area contributed by atoms with Gasteiger partial charge in [-0.25, -0.2) is 0 Å². The van der Waals surface area contributed by atoms with Crippen LogP contribution in [0.15, 0.2) is 24.3 Å². The van der Waals surface area contributed by atoms with E-state index in [4.69, 9.17) is 4.74 Å². The van der Waals surface area contributed by atoms with Gasteiger partial charge in [-0.3, -0.25) is 0 Å². The summed E-state index contributed by atoms with van der Waals surface area (Å²) in [7, 11) is 0. The van der Waals surface area contributed by atoms with Crippen molar-refractivity contribution in [3.8, 4) is 5.75 Å². The zero-order valence-electron chi connectivity index (χ0n) is 9.74. The zero-order valence-corrected chi connectivity index (χ0v) is 9.74. The lowest BCUT2D eigenvalue weighted by Crippen LogP contribution is -1.99. The van der Waals surface area contributed by atoms with Crippen LogP contribution in [-0.2, 0) is 11.2 Å². The fraction of sp³-hybridized carbons (Fsp3) is 0.500. The van der Waals surface area contributed by atoms with Crippen molar-refractivity contribution < 1.29 is 9.53 Å². The van der Waals surface area contributed by atoms with E-state index in [1.807, 2.05) is 24.3 Å². The van der Waals surface area contributed by atoms with E-state index in [0.29, 0.717) is 6.42 Å². The predicted octanol–water partition coefficient (Wildman–Crippen LogP) is 3.00. The molecule has 2 rings (SSSR count). The van der Waals surface area contributed by atoms with Crippen LogP contribution in [0.5, 0.6) is 5.75 Å². The quantitative estimate of drug-likeness (QED) is 0.733. The molecule has 1 aromatic carbocycles. The third kappa shape index (κ3) is 3.69. The molecule has 1 saturated carbocycles. The zero-order chi connectivity index (χ0) is 11.4. The van der Waals surface area contributed by atoms with Crippen LogP contribution >= 0.6 is 0 Å². The number of Topliss-reactive ketones (excluding diaryl/α,β-unsaturated/α-hetero) is 1. The number of ether oxygens (including phenoxy) is 1. The Morgan fingerprint density at radius 3 is 2.56 bits per heavy atom. The third-order valence-electron chi connectivity index (χ3n) is 2.87. The molecule has 1 fully saturated rings. The Balaban J connectivity index is 1.80. The first kappa shape index (κ1) is 11.2. The number of rotatable bonds is 6. The summed E-state index contributed by atoms with van der Waals surface area (Å²) in [6.07, 6.45) is 4.09. The van der Waals surface area contributed by atoms with Gasteiger partial charge in [-0.2, -0.15) is 0 Å². The molecule has 1 aromatic rings. The highest BCUT2D eigenvalue weighted by molar-refractivity contribution is 5.75. The van der Waals surface area contributed by atoms with E-state index in [0.717, 1.165) is 24.7 Å². The van der Waals surface area contributed by atoms with Gasteiger partial charge in [0.05, 0.1) is 6.61 Å². The second kappa shape index (κ2) is 5.15. The van der Waals surface area contributed by atoms with Crippen LogP contribution in [0, 0.1) is 5.92 Å². The summed E-state index contributed by atoms with van der Waals surface area (Å²) in [5, 5.41) is 0. The lowest BCUT2D eigenvalue weighted by molar-refractivity contribution is -0.116. The SMILES string of the molecule is CC(=O)CCc1ccc(OCC2CC2)cc1. The van der Waals surface area contributed by atoms with Crippen LogP contribution in [0.2, 0.25) is 0 Å². The maximum atomic E-state index is 10.8. The number of hydrogen-bond acceptors (Lipinski definition) is 2. The Labute approximate surface area is 96.6 Å². The standard InChI is InChI=1S/C14H18O2/c1-11(15)2-3-12-6-8-14(9-7-12)16-10-13-4-5-13/h6-9,13H,2-5,10H2,1H3. The molecule has 1 aliphatic rings. The Morgan fingerprint density at radius 2 is 2.00 bits per heavy atom. The molecule has 0 heterocycles. The predicted molar refractivity (Wildman–Crippen MR) is 63.7 cm³/mol. The van der Waals surface area contributed by atoms with Gasteiger partial charge in [-0.05, 0) is 49.8 Å². The largest absolute Gasteiger partial charge is 0.493 e. The van der Waals surface area contributed by atoms with E-state index < -0.39 is 0 Å². The first-order valence-corrected chi connectivity index (χ1v) is 5.95. The Bertz CT molecular complexity index is 350. The van der Waals surface area contributed by atoms with E-state index >= 15 is 0 Å². The van der Waals surface area contributed by atoms with Crippen molar-refractivity contribution >= 4 is 5.78 Å². The second-order valence-corrected chi connectivity index (χ2v) is 4.60. The summed E-state index contributed by atoms with van der Waals surface area (Å²) >= 11 is 0. The van der Waals surface area contributed by atoms with E-state index in [2.05, 4.69) is 0 Å². The number of carbonyl (C=O) groups excluding carboxylic acids is 1. The Morgan fingerprint density at radius 1 is 1.31 bits per heavy atom. The molecule has 0 aromatic heterocycles. The van der Waals surface area contributed by atoms with Gasteiger partial charge < -0.3 is 9.53 Å². The summed E-state index contributed by atoms with van der Waals surface area (Å²) in [6.45, 7) is 2.49. The van der Waals surface area contributed by atoms with Crippen molar-refractivity contribution in [2.75, 3.05) is 6.61 Å². The van der Waals surface area contributed by atoms with Crippen LogP contribution in [-0.4, -0.2) is 12.4 Å². The molecule has 16 heavy (non-hydrogen) atoms. The minimum Gasteiger partial charge on any atom is -0.493 e. The van der Waals surface area contributed by atoms with Crippen molar-refractivity contribution in [3.05, 3.63) is 29.8 Å². The van der Waals surface area contributed by atoms with Crippen LogP contribution < -0.4 is 4.74 Å². The van der Waals surface area contributed by atoms with E-state index in [1.54, 1.807) is 6.92 Å². The fourth-order valence-corrected chi connectivity index (χ4v) is 1.57. The lowest BCUT2D eigenvalue weighted by atomic mass is 10.1. The van der Waals surface area contributed by atoms with Crippen LogP contribution in [0.4, 0.5) is 0 Å². The van der Waals surface area contributed by atoms with Gasteiger partial charge in [0.15, 0.2) is 0 Å². The van der Waals surface area contributed by atoms with Gasteiger partial charge in [-0.1, -0.05) is 12.1 Å². The first-order chi connectivity index (χ1) is 7.74. The van der Waals surface area contributed by atoms with Gasteiger partial charge in [0.25, 0.3) is 0 Å². The minimum absolute atomic E-state index is 0.244. The maximum Gasteiger partial charge on any atom is 0.130 e. The number of aryl methyl sites for hydroxylation is 1. The molecular formula is C14H18O2. The smallest absolute Gasteiger partial charge is 0.130 e. The van der Waals surface area contributed by atoms with Gasteiger partial charge >= 0.3 is 0 Å². The van der Waals surface area contributed by atoms with E-state index in [-0.39, 0.29) is 5.78 Å².